The molecule has 0 bridgehead atoms. The molecule has 0 radical (unpaired) electrons. The van der Waals surface area contributed by atoms with Gasteiger partial charge in [0, 0.05) is 98.9 Å². The zero-order valence-electron chi connectivity index (χ0n) is 69.3. The van der Waals surface area contributed by atoms with Gasteiger partial charge in [0.05, 0.1) is 71.0 Å². The molecular weight excluding hydrogens is 1640 g/mol. The molecule has 31 nitrogen and oxygen atoms in total. The van der Waals surface area contributed by atoms with Gasteiger partial charge in [0.2, 0.25) is 37.7 Å². The van der Waals surface area contributed by atoms with Crippen LogP contribution >= 0.6 is 58.8 Å². The number of hydrogen-bond donors (Lipinski definition) is 0. The molecule has 9 fully saturated rings. The van der Waals surface area contributed by atoms with Crippen LogP contribution in [0.5, 0.6) is 0 Å². The summed E-state index contributed by atoms with van der Waals surface area (Å²) in [5.74, 6) is 3.03. The summed E-state index contributed by atoms with van der Waals surface area (Å²) in [5, 5.41) is 0. The topological polar surface area (TPSA) is 357 Å². The Morgan fingerprint density at radius 3 is 0.822 bits per heavy atom. The van der Waals surface area contributed by atoms with Crippen molar-refractivity contribution in [2.24, 2.45) is 0 Å². The SMILES string of the molecule is C=C(C)C(=O)OC1COCCCCO1.C=C(C)C(=O)OC1COCCCCS1.C=C(C)C(=O)OC1COCCCO1.C=C(C)C(=O)OC1CSCCCCO1.C=CC(=O)OC1COCCCCO1.C=CC(=O)OC1COCCCCS1.C=CC(=O)OC1COCCCO1.C=CC(=O)OC1COCCCS1.C=CC(=O)OC1CSCCCCO1. The molecular formula is C82H128O31S5. The zero-order chi connectivity index (χ0) is 87.0. The Bertz CT molecular complexity index is 2610. The summed E-state index contributed by atoms with van der Waals surface area (Å²) in [6.45, 7) is 48.5. The lowest BCUT2D eigenvalue weighted by atomic mass is 10.3. The Hall–Kier alpha value is -5.88. The first kappa shape index (κ1) is 110. The number of rotatable bonds is 18. The second kappa shape index (κ2) is 74.9. The van der Waals surface area contributed by atoms with Crippen molar-refractivity contribution in [3.05, 3.63) is 112 Å². The average Bonchev–Trinajstić information content (AvgIpc) is 1.22. The van der Waals surface area contributed by atoms with Gasteiger partial charge in [-0.2, -0.15) is 23.5 Å². The van der Waals surface area contributed by atoms with Crippen molar-refractivity contribution in [2.75, 3.05) is 172 Å². The molecule has 9 aliphatic rings. The lowest BCUT2D eigenvalue weighted by Gasteiger charge is -2.20. The van der Waals surface area contributed by atoms with E-state index in [1.807, 2.05) is 0 Å². The Kier molecular flexibility index (Phi) is 69.9. The summed E-state index contributed by atoms with van der Waals surface area (Å²) in [4.78, 5) is 98.7. The van der Waals surface area contributed by atoms with Crippen molar-refractivity contribution in [1.29, 1.82) is 0 Å². The monoisotopic (exact) mass is 1770 g/mol. The molecule has 0 spiro atoms. The minimum Gasteiger partial charge on any atom is -0.446 e. The highest BCUT2D eigenvalue weighted by Crippen LogP contribution is 2.22. The lowest BCUT2D eigenvalue weighted by molar-refractivity contribution is -0.191. The fraction of sp³-hybridized carbons (Fsp3) is 0.671. The third-order valence-electron chi connectivity index (χ3n) is 14.8. The van der Waals surface area contributed by atoms with Crippen LogP contribution < -0.4 is 0 Å². The lowest BCUT2D eigenvalue weighted by Crippen LogP contribution is -2.29. The second-order valence-corrected chi connectivity index (χ2v) is 31.7. The van der Waals surface area contributed by atoms with E-state index in [4.69, 9.17) is 104 Å². The molecule has 0 aromatic rings. The first-order valence-electron chi connectivity index (χ1n) is 39.3. The van der Waals surface area contributed by atoms with Crippen molar-refractivity contribution >= 4 is 113 Å². The fourth-order valence-electron chi connectivity index (χ4n) is 8.68. The predicted octanol–water partition coefficient (Wildman–Crippen LogP) is 11.8. The molecule has 0 aliphatic carbocycles. The summed E-state index contributed by atoms with van der Waals surface area (Å²) < 4.78 is 113. The molecule has 118 heavy (non-hydrogen) atoms. The number of thioether (sulfide) groups is 5. The standard InChI is InChI=1S/C10H16O4.2C10H16O3S.2C9H14O4.2C9H14O3S.C8H12O4.C8H12O3S/c1-8(2)10(11)14-9-7-12-5-3-4-6-13-9;1-8(2)10(11)13-9-7-14-6-4-3-5-12-9;1-8(2)10(11)13-9-7-12-5-3-4-6-14-9;1-7(2)9(10)13-8-6-11-4-3-5-12-8;1-2-8(10)13-9-7-11-5-3-4-6-12-9;1-2-8(10)12-9-7-13-6-4-3-5-11-9;1-2-8(10)12-9-7-11-5-3-4-6-13-9;1-2-7(9)12-8-6-10-4-3-5-11-8;1-2-7(9)11-8-6-10-4-3-5-12-8/h3*9H,1,3-7H2,2H3;8H,1,3-6H2,2H3;3*2,9H,1,3-7H2;2*2,8H,1,3-6H2. The second-order valence-electron chi connectivity index (χ2n) is 25.6. The first-order valence-corrected chi connectivity index (χ1v) is 44.7. The molecule has 36 heteroatoms. The zero-order valence-corrected chi connectivity index (χ0v) is 73.4. The Morgan fingerprint density at radius 1 is 0.254 bits per heavy atom. The van der Waals surface area contributed by atoms with Crippen molar-refractivity contribution in [2.45, 2.75) is 178 Å². The molecule has 9 saturated heterocycles. The van der Waals surface area contributed by atoms with Gasteiger partial charge >= 0.3 is 53.7 Å². The maximum atomic E-state index is 11.2. The van der Waals surface area contributed by atoms with Crippen LogP contribution in [0.1, 0.15) is 124 Å². The third kappa shape index (κ3) is 64.0. The van der Waals surface area contributed by atoms with Crippen molar-refractivity contribution in [1.82, 2.24) is 0 Å². The molecule has 0 N–H and O–H groups in total. The normalized spacial score (nSPS) is 23.8. The first-order chi connectivity index (χ1) is 56.9. The van der Waals surface area contributed by atoms with Crippen molar-refractivity contribution < 1.29 is 147 Å². The van der Waals surface area contributed by atoms with Crippen LogP contribution in [-0.2, 0) is 147 Å². The number of carbonyl (C=O) groups is 9. The summed E-state index contributed by atoms with van der Waals surface area (Å²) in [7, 11) is 0. The van der Waals surface area contributed by atoms with Gasteiger partial charge in [-0.3, -0.25) is 0 Å². The summed E-state index contributed by atoms with van der Waals surface area (Å²) in [5.41, 5.74) is 1.11. The molecule has 0 saturated carbocycles. The van der Waals surface area contributed by atoms with Crippen LogP contribution in [0.2, 0.25) is 0 Å². The van der Waals surface area contributed by atoms with Gasteiger partial charge in [-0.1, -0.05) is 59.2 Å². The van der Waals surface area contributed by atoms with Gasteiger partial charge in [0.15, 0.2) is 16.3 Å². The maximum absolute atomic E-state index is 11.2. The summed E-state index contributed by atoms with van der Waals surface area (Å²) in [6, 6.07) is 0. The van der Waals surface area contributed by atoms with E-state index in [0.29, 0.717) is 135 Å². The molecule has 9 rings (SSSR count). The average molecular weight is 1770 g/mol. The van der Waals surface area contributed by atoms with Gasteiger partial charge < -0.3 is 104 Å². The molecule has 9 unspecified atom stereocenters. The van der Waals surface area contributed by atoms with E-state index in [1.54, 1.807) is 86.5 Å². The van der Waals surface area contributed by atoms with E-state index in [2.05, 4.69) is 59.2 Å². The van der Waals surface area contributed by atoms with Crippen LogP contribution in [0.15, 0.2) is 112 Å². The Morgan fingerprint density at radius 2 is 0.475 bits per heavy atom. The highest BCUT2D eigenvalue weighted by molar-refractivity contribution is 8.00. The van der Waals surface area contributed by atoms with Crippen LogP contribution in [0, 0.1) is 0 Å². The number of hydrogen-bond acceptors (Lipinski definition) is 36. The maximum Gasteiger partial charge on any atom is 0.335 e. The highest BCUT2D eigenvalue weighted by atomic mass is 32.2. The highest BCUT2D eigenvalue weighted by Gasteiger charge is 2.24. The number of ether oxygens (including phenoxy) is 22. The predicted molar refractivity (Wildman–Crippen MR) is 452 cm³/mol. The molecule has 0 amide bonds. The van der Waals surface area contributed by atoms with Crippen LogP contribution in [-0.4, -0.2) is 280 Å². The Labute approximate surface area is 718 Å². The molecule has 9 aliphatic heterocycles. The van der Waals surface area contributed by atoms with E-state index in [1.165, 1.54) is 25.0 Å². The Balaban J connectivity index is 0.000000664. The largest absolute Gasteiger partial charge is 0.446 e. The van der Waals surface area contributed by atoms with E-state index in [-0.39, 0.29) is 40.2 Å². The quantitative estimate of drug-likeness (QED) is 0.0699. The molecule has 9 heterocycles. The van der Waals surface area contributed by atoms with Gasteiger partial charge in [-0.25, -0.2) is 43.2 Å². The third-order valence-corrected chi connectivity index (χ3v) is 20.4. The van der Waals surface area contributed by atoms with Gasteiger partial charge in [-0.05, 0) is 153 Å². The molecule has 672 valence electrons. The van der Waals surface area contributed by atoms with E-state index in [9.17, 15) is 43.2 Å². The van der Waals surface area contributed by atoms with Crippen molar-refractivity contribution in [3.8, 4) is 0 Å². The van der Waals surface area contributed by atoms with E-state index >= 15 is 0 Å². The smallest absolute Gasteiger partial charge is 0.335 e. The van der Waals surface area contributed by atoms with E-state index in [0.717, 1.165) is 162 Å². The minimum absolute atomic E-state index is 0.155. The van der Waals surface area contributed by atoms with Crippen molar-refractivity contribution in [3.63, 3.8) is 0 Å². The van der Waals surface area contributed by atoms with Crippen LogP contribution in [0.25, 0.3) is 0 Å². The number of carbonyl (C=O) groups excluding carboxylic acids is 9. The van der Waals surface area contributed by atoms with Gasteiger partial charge in [-0.15, -0.1) is 35.3 Å². The van der Waals surface area contributed by atoms with E-state index < -0.39 is 67.6 Å². The molecule has 0 aromatic carbocycles. The molecule has 0 aromatic heterocycles. The van der Waals surface area contributed by atoms with Gasteiger partial charge in [0.25, 0.3) is 0 Å². The van der Waals surface area contributed by atoms with Gasteiger partial charge in [0.1, 0.15) is 26.4 Å². The molecule has 9 atom stereocenters. The summed E-state index contributed by atoms with van der Waals surface area (Å²) in [6.07, 6.45) is 18.0. The number of esters is 9. The van der Waals surface area contributed by atoms with Crippen LogP contribution in [0.4, 0.5) is 0 Å². The van der Waals surface area contributed by atoms with Crippen LogP contribution in [0.3, 0.4) is 0 Å². The summed E-state index contributed by atoms with van der Waals surface area (Å²) >= 11 is 8.38. The fourth-order valence-corrected chi connectivity index (χ4v) is 13.4. The minimum atomic E-state index is -0.584.